The summed E-state index contributed by atoms with van der Waals surface area (Å²) in [7, 11) is 4.36. The van der Waals surface area contributed by atoms with Crippen molar-refractivity contribution < 1.29 is 0 Å². The number of hydrogen-bond acceptors (Lipinski definition) is 2. The van der Waals surface area contributed by atoms with Crippen LogP contribution in [-0.2, 0) is 5.33 Å². The van der Waals surface area contributed by atoms with Gasteiger partial charge in [-0.1, -0.05) is 22.0 Å². The van der Waals surface area contributed by atoms with Crippen LogP contribution in [0.15, 0.2) is 22.7 Å². The molecule has 100 valence electrons. The van der Waals surface area contributed by atoms with E-state index in [0.29, 0.717) is 0 Å². The molecule has 0 amide bonds. The lowest BCUT2D eigenvalue weighted by atomic mass is 10.0. The third-order valence-corrected chi connectivity index (χ3v) is 4.98. The van der Waals surface area contributed by atoms with Gasteiger partial charge in [0.1, 0.15) is 0 Å². The minimum Gasteiger partial charge on any atom is -0.371 e. The van der Waals surface area contributed by atoms with Crippen LogP contribution in [0.4, 0.5) is 5.69 Å². The average molecular weight is 376 g/mol. The first-order valence-corrected chi connectivity index (χ1v) is 8.29. The Kier molecular flexibility index (Phi) is 5.10. The zero-order valence-electron chi connectivity index (χ0n) is 11.0. The molecule has 18 heavy (non-hydrogen) atoms. The molecule has 0 aliphatic carbocycles. The van der Waals surface area contributed by atoms with Crippen LogP contribution in [0.5, 0.6) is 0 Å². The Bertz CT molecular complexity index is 399. The van der Waals surface area contributed by atoms with Crippen LogP contribution in [0.25, 0.3) is 0 Å². The molecule has 0 radical (unpaired) electrons. The molecule has 0 saturated carbocycles. The second kappa shape index (κ2) is 6.40. The van der Waals surface area contributed by atoms with Gasteiger partial charge in [-0.15, -0.1) is 0 Å². The van der Waals surface area contributed by atoms with Crippen LogP contribution in [0.3, 0.4) is 0 Å². The van der Waals surface area contributed by atoms with Crippen LogP contribution in [0.1, 0.15) is 18.4 Å². The Labute approximate surface area is 127 Å². The molecular formula is C14H20Br2N2. The highest BCUT2D eigenvalue weighted by atomic mass is 79.9. The van der Waals surface area contributed by atoms with Gasteiger partial charge in [0.25, 0.3) is 0 Å². The lowest BCUT2D eigenvalue weighted by Crippen LogP contribution is -2.42. The normalized spacial score (nSPS) is 17.5. The highest BCUT2D eigenvalue weighted by Crippen LogP contribution is 2.30. The lowest BCUT2D eigenvalue weighted by Gasteiger charge is -2.37. The minimum atomic E-state index is 0.738. The van der Waals surface area contributed by atoms with Gasteiger partial charge < -0.3 is 9.80 Å². The first-order chi connectivity index (χ1) is 8.61. The van der Waals surface area contributed by atoms with Crippen LogP contribution < -0.4 is 4.90 Å². The van der Waals surface area contributed by atoms with Gasteiger partial charge in [-0.2, -0.15) is 0 Å². The Morgan fingerprint density at radius 2 is 1.94 bits per heavy atom. The minimum absolute atomic E-state index is 0.738. The second-order valence-corrected chi connectivity index (χ2v) is 6.52. The monoisotopic (exact) mass is 374 g/mol. The molecule has 1 fully saturated rings. The van der Waals surface area contributed by atoms with Crippen LogP contribution in [0, 0.1) is 0 Å². The van der Waals surface area contributed by atoms with Gasteiger partial charge in [0, 0.05) is 28.9 Å². The molecule has 0 bridgehead atoms. The molecule has 0 atom stereocenters. The molecule has 1 heterocycles. The standard InChI is InChI=1S/C14H20Br2N2/c1-17(2)12-5-7-18(8-6-12)14-4-3-11(10-15)9-13(14)16/h3-4,9,12H,5-8,10H2,1-2H3. The second-order valence-electron chi connectivity index (χ2n) is 5.10. The summed E-state index contributed by atoms with van der Waals surface area (Å²) in [6.45, 7) is 2.30. The number of hydrogen-bond donors (Lipinski definition) is 0. The number of piperidine rings is 1. The summed E-state index contributed by atoms with van der Waals surface area (Å²) in [6.07, 6.45) is 2.50. The van der Waals surface area contributed by atoms with Gasteiger partial charge in [-0.25, -0.2) is 0 Å². The molecule has 1 aliphatic heterocycles. The maximum atomic E-state index is 3.69. The largest absolute Gasteiger partial charge is 0.371 e. The fraction of sp³-hybridized carbons (Fsp3) is 0.571. The summed E-state index contributed by atoms with van der Waals surface area (Å²) < 4.78 is 1.21. The van der Waals surface area contributed by atoms with Crippen molar-refractivity contribution in [1.82, 2.24) is 4.90 Å². The van der Waals surface area contributed by atoms with Gasteiger partial charge in [0.05, 0.1) is 5.69 Å². The van der Waals surface area contributed by atoms with Gasteiger partial charge in [-0.3, -0.25) is 0 Å². The van der Waals surface area contributed by atoms with Crippen LogP contribution in [-0.4, -0.2) is 38.1 Å². The van der Waals surface area contributed by atoms with E-state index in [2.05, 4.69) is 74.0 Å². The Morgan fingerprint density at radius 3 is 2.44 bits per heavy atom. The van der Waals surface area contributed by atoms with E-state index in [-0.39, 0.29) is 0 Å². The number of halogens is 2. The van der Waals surface area contributed by atoms with Crippen LogP contribution in [0.2, 0.25) is 0 Å². The third kappa shape index (κ3) is 3.28. The maximum Gasteiger partial charge on any atom is 0.0510 e. The van der Waals surface area contributed by atoms with Crippen molar-refractivity contribution in [3.05, 3.63) is 28.2 Å². The van der Waals surface area contributed by atoms with E-state index in [9.17, 15) is 0 Å². The maximum absolute atomic E-state index is 3.69. The molecule has 4 heteroatoms. The first kappa shape index (κ1) is 14.4. The molecule has 2 nitrogen and oxygen atoms in total. The van der Waals surface area contributed by atoms with Crippen molar-refractivity contribution in [3.8, 4) is 0 Å². The molecule has 1 aromatic rings. The van der Waals surface area contributed by atoms with E-state index >= 15 is 0 Å². The van der Waals surface area contributed by atoms with Crippen molar-refractivity contribution >= 4 is 37.5 Å². The van der Waals surface area contributed by atoms with E-state index in [1.165, 1.54) is 28.6 Å². The lowest BCUT2D eigenvalue weighted by molar-refractivity contribution is 0.249. The number of rotatable bonds is 3. The van der Waals surface area contributed by atoms with Gasteiger partial charge in [0.15, 0.2) is 0 Å². The fourth-order valence-corrected chi connectivity index (χ4v) is 3.54. The van der Waals surface area contributed by atoms with E-state index in [4.69, 9.17) is 0 Å². The first-order valence-electron chi connectivity index (χ1n) is 6.37. The molecule has 1 aliphatic rings. The Morgan fingerprint density at radius 1 is 1.28 bits per heavy atom. The smallest absolute Gasteiger partial charge is 0.0510 e. The molecule has 0 N–H and O–H groups in total. The van der Waals surface area contributed by atoms with E-state index in [1.54, 1.807) is 0 Å². The van der Waals surface area contributed by atoms with E-state index in [0.717, 1.165) is 24.5 Å². The summed E-state index contributed by atoms with van der Waals surface area (Å²) in [5, 5.41) is 0.911. The van der Waals surface area contributed by atoms with Crippen molar-refractivity contribution in [1.29, 1.82) is 0 Å². The molecule has 1 saturated heterocycles. The molecule has 1 aromatic carbocycles. The van der Waals surface area contributed by atoms with Crippen molar-refractivity contribution in [2.45, 2.75) is 24.2 Å². The molecule has 0 unspecified atom stereocenters. The topological polar surface area (TPSA) is 6.48 Å². The number of benzene rings is 1. The number of anilines is 1. The van der Waals surface area contributed by atoms with Gasteiger partial charge in [-0.05, 0) is 60.6 Å². The predicted octanol–water partition coefficient (Wildman–Crippen LogP) is 3.87. The number of nitrogens with zero attached hydrogens (tertiary/aromatic N) is 2. The summed E-state index contributed by atoms with van der Waals surface area (Å²) in [4.78, 5) is 4.84. The summed E-state index contributed by atoms with van der Waals surface area (Å²) in [6, 6.07) is 7.38. The molecule has 0 aromatic heterocycles. The number of alkyl halides is 1. The fourth-order valence-electron chi connectivity index (χ4n) is 2.51. The Balaban J connectivity index is 2.05. The predicted molar refractivity (Wildman–Crippen MR) is 85.7 cm³/mol. The average Bonchev–Trinajstić information content (AvgIpc) is 2.38. The van der Waals surface area contributed by atoms with E-state index in [1.807, 2.05) is 0 Å². The molecular weight excluding hydrogens is 356 g/mol. The highest BCUT2D eigenvalue weighted by Gasteiger charge is 2.21. The SMILES string of the molecule is CN(C)C1CCN(c2ccc(CBr)cc2Br)CC1. The quantitative estimate of drug-likeness (QED) is 0.739. The van der Waals surface area contributed by atoms with Crippen LogP contribution >= 0.6 is 31.9 Å². The summed E-state index contributed by atoms with van der Waals surface area (Å²) >= 11 is 7.19. The summed E-state index contributed by atoms with van der Waals surface area (Å²) in [5.74, 6) is 0. The highest BCUT2D eigenvalue weighted by molar-refractivity contribution is 9.10. The van der Waals surface area contributed by atoms with Crippen molar-refractivity contribution in [2.24, 2.45) is 0 Å². The summed E-state index contributed by atoms with van der Waals surface area (Å²) in [5.41, 5.74) is 2.64. The van der Waals surface area contributed by atoms with Gasteiger partial charge in [0.2, 0.25) is 0 Å². The Hall–Kier alpha value is -0.0600. The van der Waals surface area contributed by atoms with E-state index < -0.39 is 0 Å². The zero-order chi connectivity index (χ0) is 13.1. The van der Waals surface area contributed by atoms with Crippen molar-refractivity contribution in [3.63, 3.8) is 0 Å². The molecule has 2 rings (SSSR count). The molecule has 0 spiro atoms. The third-order valence-electron chi connectivity index (χ3n) is 3.70. The zero-order valence-corrected chi connectivity index (χ0v) is 14.2. The van der Waals surface area contributed by atoms with Crippen molar-refractivity contribution in [2.75, 3.05) is 32.1 Å². The van der Waals surface area contributed by atoms with Gasteiger partial charge >= 0.3 is 0 Å².